The molecule has 2 nitrogen and oxygen atoms in total. The molecule has 0 saturated carbocycles. The second-order valence-corrected chi connectivity index (χ2v) is 3.98. The molecule has 0 amide bonds. The minimum Gasteiger partial charge on any atom is -0.378 e. The zero-order chi connectivity index (χ0) is 13.1. The molecule has 1 aromatic carbocycles. The van der Waals surface area contributed by atoms with E-state index in [9.17, 15) is 13.2 Å². The molecule has 6 heteroatoms. The lowest BCUT2D eigenvalue weighted by atomic mass is 10.2. The monoisotopic (exact) mass is 272 g/mol. The van der Waals surface area contributed by atoms with E-state index < -0.39 is 17.5 Å². The van der Waals surface area contributed by atoms with E-state index in [1.165, 1.54) is 12.4 Å². The Labute approximate surface area is 106 Å². The quantitative estimate of drug-likeness (QED) is 0.861. The highest BCUT2D eigenvalue weighted by atomic mass is 35.5. The zero-order valence-electron chi connectivity index (χ0n) is 9.05. The largest absolute Gasteiger partial charge is 0.378 e. The van der Waals surface area contributed by atoms with Crippen molar-refractivity contribution >= 4 is 17.3 Å². The molecule has 0 aliphatic carbocycles. The van der Waals surface area contributed by atoms with Gasteiger partial charge in [0.15, 0.2) is 11.6 Å². The molecule has 0 aliphatic heterocycles. The van der Waals surface area contributed by atoms with Gasteiger partial charge in [0.25, 0.3) is 0 Å². The van der Waals surface area contributed by atoms with Crippen molar-refractivity contribution in [3.05, 3.63) is 58.6 Å². The Balaban J connectivity index is 2.18. The Hall–Kier alpha value is -1.75. The van der Waals surface area contributed by atoms with Crippen molar-refractivity contribution in [2.24, 2.45) is 0 Å². The fraction of sp³-hybridized carbons (Fsp3) is 0.0833. The van der Waals surface area contributed by atoms with Gasteiger partial charge in [0.1, 0.15) is 5.82 Å². The van der Waals surface area contributed by atoms with Crippen molar-refractivity contribution in [1.82, 2.24) is 4.98 Å². The summed E-state index contributed by atoms with van der Waals surface area (Å²) in [4.78, 5) is 3.79. The first-order valence-corrected chi connectivity index (χ1v) is 5.42. The van der Waals surface area contributed by atoms with Crippen molar-refractivity contribution in [3.63, 3.8) is 0 Å². The maximum atomic E-state index is 13.3. The minimum atomic E-state index is -1.24. The second kappa shape index (κ2) is 5.27. The Morgan fingerprint density at radius 3 is 2.72 bits per heavy atom. The number of benzene rings is 1. The topological polar surface area (TPSA) is 24.9 Å². The molecular weight excluding hydrogens is 265 g/mol. The van der Waals surface area contributed by atoms with Gasteiger partial charge in [-0.2, -0.15) is 0 Å². The number of pyridine rings is 1. The van der Waals surface area contributed by atoms with E-state index >= 15 is 0 Å². The molecule has 1 heterocycles. The van der Waals surface area contributed by atoms with Crippen LogP contribution in [0.1, 0.15) is 5.56 Å². The van der Waals surface area contributed by atoms with E-state index in [4.69, 9.17) is 11.6 Å². The fourth-order valence-corrected chi connectivity index (χ4v) is 1.61. The molecule has 18 heavy (non-hydrogen) atoms. The average molecular weight is 273 g/mol. The molecular formula is C12H8ClF3N2. The van der Waals surface area contributed by atoms with E-state index in [1.54, 1.807) is 6.07 Å². The van der Waals surface area contributed by atoms with Gasteiger partial charge in [0.05, 0.1) is 10.7 Å². The summed E-state index contributed by atoms with van der Waals surface area (Å²) < 4.78 is 39.2. The van der Waals surface area contributed by atoms with Crippen molar-refractivity contribution < 1.29 is 13.2 Å². The molecule has 0 radical (unpaired) electrons. The van der Waals surface area contributed by atoms with Gasteiger partial charge >= 0.3 is 0 Å². The molecule has 94 valence electrons. The molecule has 1 N–H and O–H groups in total. The first-order chi connectivity index (χ1) is 8.58. The summed E-state index contributed by atoms with van der Waals surface area (Å²) >= 11 is 5.85. The Bertz CT molecular complexity index is 575. The van der Waals surface area contributed by atoms with Gasteiger partial charge in [-0.05, 0) is 11.6 Å². The van der Waals surface area contributed by atoms with Gasteiger partial charge in [-0.1, -0.05) is 11.6 Å². The first-order valence-electron chi connectivity index (χ1n) is 5.04. The van der Waals surface area contributed by atoms with E-state index in [2.05, 4.69) is 10.3 Å². The number of hydrogen-bond donors (Lipinski definition) is 1. The van der Waals surface area contributed by atoms with Crippen molar-refractivity contribution in [3.8, 4) is 0 Å². The Kier molecular flexibility index (Phi) is 3.72. The third-order valence-electron chi connectivity index (χ3n) is 2.32. The zero-order valence-corrected chi connectivity index (χ0v) is 9.81. The SMILES string of the molecule is Fc1cc(F)c(F)c(NCc2ccncc2Cl)c1. The first kappa shape index (κ1) is 12.7. The van der Waals surface area contributed by atoms with Crippen LogP contribution in [0.5, 0.6) is 0 Å². The van der Waals surface area contributed by atoms with E-state index in [0.29, 0.717) is 16.7 Å². The maximum Gasteiger partial charge on any atom is 0.182 e. The average Bonchev–Trinajstić information content (AvgIpc) is 2.33. The van der Waals surface area contributed by atoms with Crippen LogP contribution >= 0.6 is 11.6 Å². The number of aromatic nitrogens is 1. The van der Waals surface area contributed by atoms with Crippen LogP contribution in [0.2, 0.25) is 5.02 Å². The van der Waals surface area contributed by atoms with Crippen LogP contribution in [-0.2, 0) is 6.54 Å². The smallest absolute Gasteiger partial charge is 0.182 e. The van der Waals surface area contributed by atoms with Crippen molar-refractivity contribution in [2.45, 2.75) is 6.54 Å². The van der Waals surface area contributed by atoms with Crippen LogP contribution in [0.15, 0.2) is 30.6 Å². The second-order valence-electron chi connectivity index (χ2n) is 3.57. The maximum absolute atomic E-state index is 13.3. The molecule has 1 aromatic heterocycles. The molecule has 0 unspecified atom stereocenters. The Morgan fingerprint density at radius 2 is 2.00 bits per heavy atom. The van der Waals surface area contributed by atoms with Gasteiger partial charge in [-0.25, -0.2) is 13.2 Å². The highest BCUT2D eigenvalue weighted by molar-refractivity contribution is 6.31. The minimum absolute atomic E-state index is 0.140. The summed E-state index contributed by atoms with van der Waals surface area (Å²) in [6, 6.07) is 3.00. The lowest BCUT2D eigenvalue weighted by Crippen LogP contribution is -2.04. The molecule has 0 atom stereocenters. The van der Waals surface area contributed by atoms with Crippen LogP contribution in [0.4, 0.5) is 18.9 Å². The number of anilines is 1. The van der Waals surface area contributed by atoms with Crippen LogP contribution in [0, 0.1) is 17.5 Å². The van der Waals surface area contributed by atoms with Gasteiger partial charge in [-0.3, -0.25) is 4.98 Å². The molecule has 0 saturated heterocycles. The van der Waals surface area contributed by atoms with Gasteiger partial charge in [0.2, 0.25) is 0 Å². The molecule has 0 fully saturated rings. The highest BCUT2D eigenvalue weighted by Gasteiger charge is 2.11. The predicted molar refractivity (Wildman–Crippen MR) is 62.9 cm³/mol. The number of nitrogens with one attached hydrogen (secondary N) is 1. The number of nitrogens with zero attached hydrogens (tertiary/aromatic N) is 1. The van der Waals surface area contributed by atoms with Gasteiger partial charge in [-0.15, -0.1) is 0 Å². The van der Waals surface area contributed by atoms with E-state index in [-0.39, 0.29) is 12.2 Å². The third kappa shape index (κ3) is 2.73. The van der Waals surface area contributed by atoms with Crippen LogP contribution in [0.3, 0.4) is 0 Å². The van der Waals surface area contributed by atoms with Crippen LogP contribution < -0.4 is 5.32 Å². The molecule has 0 bridgehead atoms. The lowest BCUT2D eigenvalue weighted by Gasteiger charge is -2.09. The summed E-state index contributed by atoms with van der Waals surface area (Å²) in [5.41, 5.74) is 0.399. The molecule has 0 aliphatic rings. The summed E-state index contributed by atoms with van der Waals surface area (Å²) in [6.07, 6.45) is 2.95. The number of hydrogen-bond acceptors (Lipinski definition) is 2. The Morgan fingerprint density at radius 1 is 1.22 bits per heavy atom. The normalized spacial score (nSPS) is 10.4. The third-order valence-corrected chi connectivity index (χ3v) is 2.66. The van der Waals surface area contributed by atoms with Gasteiger partial charge in [0, 0.05) is 31.1 Å². The molecule has 2 aromatic rings. The predicted octanol–water partition coefficient (Wildman–Crippen LogP) is 3.76. The van der Waals surface area contributed by atoms with Crippen LogP contribution in [0.25, 0.3) is 0 Å². The number of halogens is 4. The summed E-state index contributed by atoms with van der Waals surface area (Å²) in [6.45, 7) is 0.140. The fourth-order valence-electron chi connectivity index (χ4n) is 1.42. The molecule has 2 rings (SSSR count). The van der Waals surface area contributed by atoms with E-state index in [0.717, 1.165) is 6.07 Å². The standard InChI is InChI=1S/C12H8ClF3N2/c13-9-6-17-2-1-7(9)5-18-11-4-8(14)3-10(15)12(11)16/h1-4,6,18H,5H2. The summed E-state index contributed by atoms with van der Waals surface area (Å²) in [5.74, 6) is -3.21. The molecule has 0 spiro atoms. The summed E-state index contributed by atoms with van der Waals surface area (Å²) in [7, 11) is 0. The lowest BCUT2D eigenvalue weighted by molar-refractivity contribution is 0.497. The van der Waals surface area contributed by atoms with Crippen molar-refractivity contribution in [1.29, 1.82) is 0 Å². The van der Waals surface area contributed by atoms with E-state index in [1.807, 2.05) is 0 Å². The van der Waals surface area contributed by atoms with Crippen molar-refractivity contribution in [2.75, 3.05) is 5.32 Å². The highest BCUT2D eigenvalue weighted by Crippen LogP contribution is 2.21. The van der Waals surface area contributed by atoms with Gasteiger partial charge < -0.3 is 5.32 Å². The summed E-state index contributed by atoms with van der Waals surface area (Å²) in [5, 5.41) is 2.98. The number of rotatable bonds is 3. The van der Waals surface area contributed by atoms with Crippen LogP contribution in [-0.4, -0.2) is 4.98 Å².